The van der Waals surface area contributed by atoms with Crippen molar-refractivity contribution in [2.45, 2.75) is 69.1 Å². The lowest BCUT2D eigenvalue weighted by Crippen LogP contribution is -2.57. The predicted molar refractivity (Wildman–Crippen MR) is 145 cm³/mol. The molecule has 0 fully saturated rings. The summed E-state index contributed by atoms with van der Waals surface area (Å²) in [5.74, 6) is -6.83. The number of guanidine groups is 1. The lowest BCUT2D eigenvalue weighted by Gasteiger charge is -2.25. The average Bonchev–Trinajstić information content (AvgIpc) is 2.90. The number of hydrogen-bond acceptors (Lipinski definition) is 8. The molecular weight excluding hydrogens is 542 g/mol. The molecule has 1 aromatic carbocycles. The molecule has 1 rings (SSSR count). The second-order valence-corrected chi connectivity index (χ2v) is 9.13. The van der Waals surface area contributed by atoms with Gasteiger partial charge in [-0.25, -0.2) is 4.79 Å². The van der Waals surface area contributed by atoms with E-state index in [1.165, 1.54) is 0 Å². The third-order valence-electron chi connectivity index (χ3n) is 5.75. The summed E-state index contributed by atoms with van der Waals surface area (Å²) in [7, 11) is 0. The van der Waals surface area contributed by atoms with Crippen molar-refractivity contribution in [2.24, 2.45) is 22.2 Å². The molecular formula is C25H37N7O9. The molecule has 0 spiro atoms. The Morgan fingerprint density at radius 1 is 0.732 bits per heavy atom. The fourth-order valence-corrected chi connectivity index (χ4v) is 3.62. The molecule has 12 N–H and O–H groups in total. The molecule has 0 heterocycles. The van der Waals surface area contributed by atoms with Crippen molar-refractivity contribution < 1.29 is 44.1 Å². The zero-order chi connectivity index (χ0) is 30.9. The summed E-state index contributed by atoms with van der Waals surface area (Å²) in [6.07, 6.45) is -1.57. The van der Waals surface area contributed by atoms with Crippen molar-refractivity contribution in [3.63, 3.8) is 0 Å². The van der Waals surface area contributed by atoms with Gasteiger partial charge < -0.3 is 48.5 Å². The molecule has 3 amide bonds. The van der Waals surface area contributed by atoms with Crippen molar-refractivity contribution in [1.29, 1.82) is 0 Å². The van der Waals surface area contributed by atoms with Gasteiger partial charge >= 0.3 is 17.9 Å². The van der Waals surface area contributed by atoms with Crippen molar-refractivity contribution in [3.05, 3.63) is 35.9 Å². The predicted octanol–water partition coefficient (Wildman–Crippen LogP) is -2.12. The van der Waals surface area contributed by atoms with Crippen LogP contribution in [0.25, 0.3) is 0 Å². The summed E-state index contributed by atoms with van der Waals surface area (Å²) in [6.45, 7) is 0.116. The number of nitrogens with two attached hydrogens (primary N) is 3. The lowest BCUT2D eigenvalue weighted by molar-refractivity contribution is -0.144. The Labute approximate surface area is 235 Å². The smallest absolute Gasteiger partial charge is 0.326 e. The molecule has 0 aliphatic rings. The van der Waals surface area contributed by atoms with Crippen LogP contribution in [0.2, 0.25) is 0 Å². The summed E-state index contributed by atoms with van der Waals surface area (Å²) >= 11 is 0. The van der Waals surface area contributed by atoms with Crippen molar-refractivity contribution >= 4 is 41.6 Å². The zero-order valence-corrected chi connectivity index (χ0v) is 22.3. The third-order valence-corrected chi connectivity index (χ3v) is 5.75. The molecule has 0 saturated carbocycles. The molecule has 226 valence electrons. The van der Waals surface area contributed by atoms with Crippen molar-refractivity contribution in [3.8, 4) is 0 Å². The number of amides is 3. The van der Waals surface area contributed by atoms with Gasteiger partial charge in [0.05, 0.1) is 6.04 Å². The van der Waals surface area contributed by atoms with Crippen LogP contribution in [-0.2, 0) is 35.2 Å². The highest BCUT2D eigenvalue weighted by Crippen LogP contribution is 2.07. The van der Waals surface area contributed by atoms with Gasteiger partial charge in [0.15, 0.2) is 5.96 Å². The number of benzene rings is 1. The van der Waals surface area contributed by atoms with Gasteiger partial charge in [0.25, 0.3) is 0 Å². The minimum Gasteiger partial charge on any atom is -0.481 e. The second kappa shape index (κ2) is 17.8. The van der Waals surface area contributed by atoms with Crippen molar-refractivity contribution in [2.75, 3.05) is 6.54 Å². The van der Waals surface area contributed by atoms with Crippen LogP contribution in [0.1, 0.15) is 44.1 Å². The molecule has 16 heteroatoms. The number of nitrogens with zero attached hydrogens (tertiary/aromatic N) is 1. The fourth-order valence-electron chi connectivity index (χ4n) is 3.62. The fraction of sp³-hybridized carbons (Fsp3) is 0.480. The van der Waals surface area contributed by atoms with E-state index in [0.717, 1.165) is 5.56 Å². The summed E-state index contributed by atoms with van der Waals surface area (Å²) in [5.41, 5.74) is 17.4. The van der Waals surface area contributed by atoms with Gasteiger partial charge in [0.2, 0.25) is 17.7 Å². The maximum Gasteiger partial charge on any atom is 0.326 e. The van der Waals surface area contributed by atoms with Gasteiger partial charge in [0.1, 0.15) is 18.1 Å². The minimum absolute atomic E-state index is 0.00996. The first kappa shape index (κ1) is 34.3. The molecule has 0 radical (unpaired) electrons. The van der Waals surface area contributed by atoms with Crippen molar-refractivity contribution in [1.82, 2.24) is 16.0 Å². The molecule has 0 bridgehead atoms. The van der Waals surface area contributed by atoms with E-state index >= 15 is 0 Å². The number of aliphatic carboxylic acids is 3. The highest BCUT2D eigenvalue weighted by atomic mass is 16.4. The maximum absolute atomic E-state index is 13.2. The number of rotatable bonds is 19. The van der Waals surface area contributed by atoms with Gasteiger partial charge in [-0.05, 0) is 37.7 Å². The summed E-state index contributed by atoms with van der Waals surface area (Å²) < 4.78 is 0. The number of carbonyl (C=O) groups excluding carboxylic acids is 3. The van der Waals surface area contributed by atoms with Crippen LogP contribution < -0.4 is 33.2 Å². The Balaban J connectivity index is 3.06. The van der Waals surface area contributed by atoms with E-state index in [9.17, 15) is 33.9 Å². The molecule has 1 aromatic rings. The van der Waals surface area contributed by atoms with E-state index in [1.54, 1.807) is 30.3 Å². The van der Waals surface area contributed by atoms with Gasteiger partial charge in [-0.2, -0.15) is 0 Å². The van der Waals surface area contributed by atoms with E-state index in [0.29, 0.717) is 0 Å². The van der Waals surface area contributed by atoms with Gasteiger partial charge in [0, 0.05) is 19.4 Å². The van der Waals surface area contributed by atoms with Crippen LogP contribution >= 0.6 is 0 Å². The minimum atomic E-state index is -1.60. The Morgan fingerprint density at radius 3 is 1.73 bits per heavy atom. The molecule has 41 heavy (non-hydrogen) atoms. The van der Waals surface area contributed by atoms with E-state index in [2.05, 4.69) is 20.9 Å². The van der Waals surface area contributed by atoms with Crippen LogP contribution in [0.3, 0.4) is 0 Å². The third kappa shape index (κ3) is 14.3. The lowest BCUT2D eigenvalue weighted by atomic mass is 10.0. The average molecular weight is 580 g/mol. The van der Waals surface area contributed by atoms with E-state index in [-0.39, 0.29) is 31.8 Å². The second-order valence-electron chi connectivity index (χ2n) is 9.13. The number of hydrogen-bond donors (Lipinski definition) is 9. The molecule has 0 saturated heterocycles. The number of carboxylic acids is 3. The summed E-state index contributed by atoms with van der Waals surface area (Å²) in [6, 6.07) is 3.53. The number of carbonyl (C=O) groups is 6. The molecule has 0 aliphatic carbocycles. The van der Waals surface area contributed by atoms with Crippen LogP contribution in [-0.4, -0.2) is 87.6 Å². The Kier molecular flexibility index (Phi) is 14.9. The Hall–Kier alpha value is -4.73. The molecule has 0 aromatic heterocycles. The molecule has 4 atom stereocenters. The SMILES string of the molecule is NC(N)=NCCCC(NC(=O)C(N)Cc1ccccc1)C(=O)NC(CCC(=O)O)C(=O)NC(CCC(=O)O)C(=O)O. The number of nitrogens with one attached hydrogen (secondary N) is 3. The highest BCUT2D eigenvalue weighted by molar-refractivity contribution is 5.94. The highest BCUT2D eigenvalue weighted by Gasteiger charge is 2.30. The zero-order valence-electron chi connectivity index (χ0n) is 22.3. The molecule has 16 nitrogen and oxygen atoms in total. The topological polar surface area (TPSA) is 290 Å². The number of carboxylic acid groups (broad SMARTS) is 3. The first-order valence-corrected chi connectivity index (χ1v) is 12.7. The van der Waals surface area contributed by atoms with E-state index < -0.39 is 85.5 Å². The van der Waals surface area contributed by atoms with Crippen LogP contribution in [0, 0.1) is 0 Å². The Bertz CT molecular complexity index is 1090. The standard InChI is InChI=1S/C25H37N7O9/c26-15(13-14-5-2-1-3-6-14)21(37)30-16(7-4-12-29-25(27)28)22(38)31-17(8-10-19(33)34)23(39)32-18(24(40)41)9-11-20(35)36/h1-3,5-6,15-18H,4,7-13,26H2,(H,30,37)(H,31,38)(H,32,39)(H,33,34)(H,35,36)(H,40,41)(H4,27,28,29). The van der Waals surface area contributed by atoms with Gasteiger partial charge in [-0.1, -0.05) is 30.3 Å². The largest absolute Gasteiger partial charge is 0.481 e. The van der Waals surface area contributed by atoms with Crippen LogP contribution in [0.15, 0.2) is 35.3 Å². The van der Waals surface area contributed by atoms with Gasteiger partial charge in [-0.3, -0.25) is 29.0 Å². The summed E-state index contributed by atoms with van der Waals surface area (Å²) in [4.78, 5) is 76.2. The van der Waals surface area contributed by atoms with Gasteiger partial charge in [-0.15, -0.1) is 0 Å². The Morgan fingerprint density at radius 2 is 1.22 bits per heavy atom. The molecule has 0 aliphatic heterocycles. The first-order valence-electron chi connectivity index (χ1n) is 12.7. The summed E-state index contributed by atoms with van der Waals surface area (Å²) in [5, 5.41) is 34.3. The van der Waals surface area contributed by atoms with E-state index in [1.807, 2.05) is 0 Å². The monoisotopic (exact) mass is 579 g/mol. The molecule has 4 unspecified atom stereocenters. The van der Waals surface area contributed by atoms with E-state index in [4.69, 9.17) is 27.4 Å². The van der Waals surface area contributed by atoms with Crippen LogP contribution in [0.4, 0.5) is 0 Å². The maximum atomic E-state index is 13.2. The first-order chi connectivity index (χ1) is 19.3. The van der Waals surface area contributed by atoms with Crippen LogP contribution in [0.5, 0.6) is 0 Å². The quantitative estimate of drug-likeness (QED) is 0.0483. The number of aliphatic imine (C=N–C) groups is 1. The normalized spacial score (nSPS) is 13.5.